The molecule has 1 aromatic rings. The van der Waals surface area contributed by atoms with Crippen LogP contribution < -0.4 is 0 Å². The first-order valence-electron chi connectivity index (χ1n) is 6.99. The Morgan fingerprint density at radius 2 is 1.56 bits per heavy atom. The maximum Gasteiger partial charge on any atom is 0.254 e. The maximum atomic E-state index is 12.3. The highest BCUT2D eigenvalue weighted by Gasteiger charge is 2.36. The van der Waals surface area contributed by atoms with E-state index < -0.39 is 0 Å². The number of piperazine rings is 1. The molecule has 3 heteroatoms. The van der Waals surface area contributed by atoms with E-state index in [-0.39, 0.29) is 5.91 Å². The third-order valence-electron chi connectivity index (χ3n) is 4.51. The van der Waals surface area contributed by atoms with Gasteiger partial charge < -0.3 is 9.38 Å². The van der Waals surface area contributed by atoms with Crippen molar-refractivity contribution in [2.75, 3.05) is 39.3 Å². The van der Waals surface area contributed by atoms with Crippen LogP contribution in [0.1, 0.15) is 23.2 Å². The molecule has 96 valence electrons. The lowest BCUT2D eigenvalue weighted by molar-refractivity contribution is -0.920. The summed E-state index contributed by atoms with van der Waals surface area (Å²) in [6.07, 6.45) is 2.74. The Bertz CT molecular complexity index is 413. The van der Waals surface area contributed by atoms with Crippen LogP contribution in [0, 0.1) is 0 Å². The molecule has 2 aliphatic rings. The maximum absolute atomic E-state index is 12.3. The van der Waals surface area contributed by atoms with Crippen LogP contribution >= 0.6 is 0 Å². The van der Waals surface area contributed by atoms with Gasteiger partial charge in [0.1, 0.15) is 0 Å². The van der Waals surface area contributed by atoms with E-state index in [1.54, 1.807) is 0 Å². The summed E-state index contributed by atoms with van der Waals surface area (Å²) in [7, 11) is 0. The molecule has 0 unspecified atom stereocenters. The van der Waals surface area contributed by atoms with Crippen molar-refractivity contribution in [2.24, 2.45) is 0 Å². The summed E-state index contributed by atoms with van der Waals surface area (Å²) >= 11 is 0. The van der Waals surface area contributed by atoms with E-state index in [2.05, 4.69) is 0 Å². The zero-order chi connectivity index (χ0) is 12.4. The number of hydrogen-bond acceptors (Lipinski definition) is 1. The molecule has 1 amide bonds. The molecule has 2 heterocycles. The zero-order valence-electron chi connectivity index (χ0n) is 10.8. The van der Waals surface area contributed by atoms with E-state index in [0.717, 1.165) is 31.7 Å². The molecule has 0 atom stereocenters. The molecule has 2 saturated heterocycles. The zero-order valence-corrected chi connectivity index (χ0v) is 10.8. The number of carbonyl (C=O) groups excluding carboxylic acids is 1. The molecule has 18 heavy (non-hydrogen) atoms. The Balaban J connectivity index is 1.64. The van der Waals surface area contributed by atoms with Crippen LogP contribution in [-0.2, 0) is 0 Å². The molecule has 0 saturated carbocycles. The van der Waals surface area contributed by atoms with E-state index in [9.17, 15) is 4.79 Å². The van der Waals surface area contributed by atoms with E-state index in [0.29, 0.717) is 0 Å². The highest BCUT2D eigenvalue weighted by Crippen LogP contribution is 2.22. The van der Waals surface area contributed by atoms with Gasteiger partial charge in [0, 0.05) is 18.4 Å². The number of rotatable bonds is 1. The van der Waals surface area contributed by atoms with Crippen LogP contribution in [0.3, 0.4) is 0 Å². The van der Waals surface area contributed by atoms with Gasteiger partial charge in [0.05, 0.1) is 39.3 Å². The highest BCUT2D eigenvalue weighted by atomic mass is 16.2. The monoisotopic (exact) mass is 245 g/mol. The molecule has 2 aliphatic heterocycles. The SMILES string of the molecule is O=C(c1ccccc1)N1CC[N+]2(CCCC2)CC1. The summed E-state index contributed by atoms with van der Waals surface area (Å²) in [6, 6.07) is 9.66. The number of quaternary nitrogens is 1. The molecule has 0 aromatic heterocycles. The fraction of sp³-hybridized carbons (Fsp3) is 0.533. The van der Waals surface area contributed by atoms with Gasteiger partial charge >= 0.3 is 0 Å². The van der Waals surface area contributed by atoms with E-state index >= 15 is 0 Å². The number of hydrogen-bond donors (Lipinski definition) is 0. The fourth-order valence-electron chi connectivity index (χ4n) is 3.31. The van der Waals surface area contributed by atoms with E-state index in [4.69, 9.17) is 0 Å². The summed E-state index contributed by atoms with van der Waals surface area (Å²) < 4.78 is 1.26. The van der Waals surface area contributed by atoms with Crippen molar-refractivity contribution >= 4 is 5.91 Å². The summed E-state index contributed by atoms with van der Waals surface area (Å²) in [4.78, 5) is 14.3. The van der Waals surface area contributed by atoms with Gasteiger partial charge in [-0.3, -0.25) is 4.79 Å². The predicted octanol–water partition coefficient (Wildman–Crippen LogP) is 1.75. The van der Waals surface area contributed by atoms with E-state index in [1.807, 2.05) is 35.2 Å². The summed E-state index contributed by atoms with van der Waals surface area (Å²) in [5, 5.41) is 0. The molecule has 3 nitrogen and oxygen atoms in total. The predicted molar refractivity (Wildman–Crippen MR) is 71.3 cm³/mol. The van der Waals surface area contributed by atoms with Gasteiger partial charge in [-0.25, -0.2) is 0 Å². The molecular formula is C15H21N2O+. The van der Waals surface area contributed by atoms with Crippen molar-refractivity contribution in [1.82, 2.24) is 4.90 Å². The molecule has 0 radical (unpaired) electrons. The van der Waals surface area contributed by atoms with Crippen molar-refractivity contribution in [2.45, 2.75) is 12.8 Å². The molecule has 2 fully saturated rings. The minimum Gasteiger partial charge on any atom is -0.327 e. The molecule has 0 N–H and O–H groups in total. The first kappa shape index (κ1) is 11.7. The van der Waals surface area contributed by atoms with Crippen molar-refractivity contribution < 1.29 is 9.28 Å². The quantitative estimate of drug-likeness (QED) is 0.690. The summed E-state index contributed by atoms with van der Waals surface area (Å²) in [5.41, 5.74) is 0.826. The second-order valence-electron chi connectivity index (χ2n) is 5.60. The number of nitrogens with zero attached hydrogens (tertiary/aromatic N) is 2. The first-order valence-corrected chi connectivity index (χ1v) is 6.99. The van der Waals surface area contributed by atoms with Crippen molar-refractivity contribution in [3.05, 3.63) is 35.9 Å². The second-order valence-corrected chi connectivity index (χ2v) is 5.60. The molecule has 0 bridgehead atoms. The Morgan fingerprint density at radius 1 is 0.944 bits per heavy atom. The van der Waals surface area contributed by atoms with Gasteiger partial charge in [-0.2, -0.15) is 0 Å². The minimum atomic E-state index is 0.202. The van der Waals surface area contributed by atoms with Gasteiger partial charge in [-0.1, -0.05) is 18.2 Å². The Kier molecular flexibility index (Phi) is 3.08. The first-order chi connectivity index (χ1) is 8.79. The second kappa shape index (κ2) is 4.73. The van der Waals surface area contributed by atoms with Crippen molar-refractivity contribution in [3.8, 4) is 0 Å². The third-order valence-corrected chi connectivity index (χ3v) is 4.51. The highest BCUT2D eigenvalue weighted by molar-refractivity contribution is 5.94. The molecular weight excluding hydrogens is 224 g/mol. The van der Waals surface area contributed by atoms with Crippen LogP contribution in [0.5, 0.6) is 0 Å². The number of benzene rings is 1. The lowest BCUT2D eigenvalue weighted by atomic mass is 10.1. The standard InChI is InChI=1S/C15H21N2O/c18-15(14-6-2-1-3-7-14)16-8-12-17(13-9-16)10-4-5-11-17/h1-3,6-7H,4-5,8-13H2/q+1. The third kappa shape index (κ3) is 2.15. The minimum absolute atomic E-state index is 0.202. The lowest BCUT2D eigenvalue weighted by Crippen LogP contribution is -2.58. The summed E-state index contributed by atoms with van der Waals surface area (Å²) in [6.45, 7) is 6.80. The van der Waals surface area contributed by atoms with Gasteiger partial charge in [0.25, 0.3) is 5.91 Å². The van der Waals surface area contributed by atoms with E-state index in [1.165, 1.54) is 30.4 Å². The van der Waals surface area contributed by atoms with Crippen LogP contribution in [0.2, 0.25) is 0 Å². The van der Waals surface area contributed by atoms with Crippen LogP contribution in [0.4, 0.5) is 0 Å². The molecule has 3 rings (SSSR count). The summed E-state index contributed by atoms with van der Waals surface area (Å²) in [5.74, 6) is 0.202. The number of carbonyl (C=O) groups is 1. The topological polar surface area (TPSA) is 20.3 Å². The van der Waals surface area contributed by atoms with Gasteiger partial charge in [-0.15, -0.1) is 0 Å². The van der Waals surface area contributed by atoms with Gasteiger partial charge in [0.2, 0.25) is 0 Å². The molecule has 0 aliphatic carbocycles. The Morgan fingerprint density at radius 3 is 2.17 bits per heavy atom. The van der Waals surface area contributed by atoms with Crippen LogP contribution in [-0.4, -0.2) is 54.6 Å². The van der Waals surface area contributed by atoms with Gasteiger partial charge in [-0.05, 0) is 12.1 Å². The van der Waals surface area contributed by atoms with Crippen molar-refractivity contribution in [3.63, 3.8) is 0 Å². The normalized spacial score (nSPS) is 22.3. The Hall–Kier alpha value is -1.35. The average Bonchev–Trinajstić information content (AvgIpc) is 2.88. The van der Waals surface area contributed by atoms with Crippen LogP contribution in [0.15, 0.2) is 30.3 Å². The Labute approximate surface area is 109 Å². The number of amides is 1. The smallest absolute Gasteiger partial charge is 0.254 e. The lowest BCUT2D eigenvalue weighted by Gasteiger charge is -2.42. The molecule has 1 spiro atoms. The van der Waals surface area contributed by atoms with Crippen molar-refractivity contribution in [1.29, 1.82) is 0 Å². The van der Waals surface area contributed by atoms with Crippen LogP contribution in [0.25, 0.3) is 0 Å². The largest absolute Gasteiger partial charge is 0.327 e. The molecule has 1 aromatic carbocycles. The fourth-order valence-corrected chi connectivity index (χ4v) is 3.31. The van der Waals surface area contributed by atoms with Gasteiger partial charge in [0.15, 0.2) is 0 Å². The average molecular weight is 245 g/mol.